The fourth-order valence-corrected chi connectivity index (χ4v) is 2.68. The summed E-state index contributed by atoms with van der Waals surface area (Å²) in [6.07, 6.45) is 0. The van der Waals surface area contributed by atoms with Gasteiger partial charge in [-0.3, -0.25) is 0 Å². The number of methoxy groups -OCH3 is 1. The van der Waals surface area contributed by atoms with Gasteiger partial charge in [-0.25, -0.2) is 13.9 Å². The van der Waals surface area contributed by atoms with Gasteiger partial charge in [0.2, 0.25) is 0 Å². The molecule has 0 saturated carbocycles. The summed E-state index contributed by atoms with van der Waals surface area (Å²) in [5.74, 6) is 0.571. The van der Waals surface area contributed by atoms with Crippen LogP contribution in [-0.2, 0) is 17.9 Å². The average molecular weight is 306 g/mol. The minimum absolute atomic E-state index is 0.302. The molecule has 3 aromatic rings. The number of benzene rings is 2. The highest BCUT2D eigenvalue weighted by Crippen LogP contribution is 2.20. The van der Waals surface area contributed by atoms with Crippen molar-refractivity contribution in [3.05, 3.63) is 64.7 Å². The largest absolute Gasteiger partial charge is 0.372 e. The highest BCUT2D eigenvalue weighted by molar-refractivity contribution is 6.31. The zero-order valence-electron chi connectivity index (χ0n) is 11.6. The summed E-state index contributed by atoms with van der Waals surface area (Å²) >= 11 is 6.13. The number of halogens is 2. The van der Waals surface area contributed by atoms with Gasteiger partial charge >= 0.3 is 0 Å². The van der Waals surface area contributed by atoms with Crippen LogP contribution >= 0.6 is 11.6 Å². The highest BCUT2D eigenvalue weighted by Gasteiger charge is 2.20. The minimum Gasteiger partial charge on any atom is -0.372 e. The van der Waals surface area contributed by atoms with E-state index in [-0.39, 0.29) is 5.82 Å². The van der Waals surface area contributed by atoms with Crippen molar-refractivity contribution in [2.45, 2.75) is 13.2 Å². The second-order valence-corrected chi connectivity index (χ2v) is 5.22. The average Bonchev–Trinajstić information content (AvgIpc) is 2.81. The van der Waals surface area contributed by atoms with Gasteiger partial charge in [-0.15, -0.1) is 0 Å². The molecule has 0 fully saturated rings. The monoisotopic (exact) mass is 305 g/mol. The number of aromatic nitrogens is 2. The lowest BCUT2D eigenvalue weighted by Gasteiger charge is -2.06. The molecule has 108 valence electrons. The predicted molar refractivity (Wildman–Crippen MR) is 79.7 cm³/mol. The molecular weight excluding hydrogens is 291 g/mol. The molecule has 3 nitrogen and oxygen atoms in total. The lowest BCUT2D eigenvalue weighted by Crippen LogP contribution is -2.38. The molecule has 1 heterocycles. The molecule has 0 aliphatic rings. The first kappa shape index (κ1) is 14.0. The van der Waals surface area contributed by atoms with Gasteiger partial charge in [0.15, 0.2) is 11.0 Å². The van der Waals surface area contributed by atoms with Crippen LogP contribution in [0.15, 0.2) is 42.5 Å². The zero-order valence-corrected chi connectivity index (χ0v) is 12.3. The molecule has 0 bridgehead atoms. The minimum atomic E-state index is -0.302. The normalized spacial score (nSPS) is 11.2. The summed E-state index contributed by atoms with van der Waals surface area (Å²) in [6, 6.07) is 12.6. The summed E-state index contributed by atoms with van der Waals surface area (Å²) in [5, 5.41) is 0.427. The number of para-hydroxylation sites is 2. The Hall–Kier alpha value is -1.91. The van der Waals surface area contributed by atoms with Crippen LogP contribution in [0.3, 0.4) is 0 Å². The van der Waals surface area contributed by atoms with E-state index >= 15 is 0 Å². The van der Waals surface area contributed by atoms with E-state index in [1.54, 1.807) is 19.2 Å². The molecule has 2 aromatic carbocycles. The van der Waals surface area contributed by atoms with Crippen molar-refractivity contribution in [2.24, 2.45) is 0 Å². The predicted octanol–water partition coefficient (Wildman–Crippen LogP) is 3.44. The van der Waals surface area contributed by atoms with E-state index in [0.717, 1.165) is 16.9 Å². The van der Waals surface area contributed by atoms with E-state index in [1.807, 2.05) is 28.8 Å². The molecule has 0 atom stereocenters. The van der Waals surface area contributed by atoms with Gasteiger partial charge in [0, 0.05) is 12.7 Å². The van der Waals surface area contributed by atoms with E-state index < -0.39 is 0 Å². The van der Waals surface area contributed by atoms with Crippen LogP contribution in [0, 0.1) is 5.82 Å². The Balaban J connectivity index is 2.12. The summed E-state index contributed by atoms with van der Waals surface area (Å²) in [6.45, 7) is 0.773. The van der Waals surface area contributed by atoms with Crippen molar-refractivity contribution in [3.63, 3.8) is 0 Å². The molecule has 1 N–H and O–H groups in total. The molecule has 0 aliphatic heterocycles. The number of aromatic amines is 1. The van der Waals surface area contributed by atoms with Crippen molar-refractivity contribution >= 4 is 22.6 Å². The van der Waals surface area contributed by atoms with Crippen LogP contribution in [0.1, 0.15) is 11.4 Å². The topological polar surface area (TPSA) is 28.9 Å². The van der Waals surface area contributed by atoms with Crippen LogP contribution in [0.5, 0.6) is 0 Å². The fraction of sp³-hybridized carbons (Fsp3) is 0.188. The molecule has 0 radical (unpaired) electrons. The van der Waals surface area contributed by atoms with E-state index in [2.05, 4.69) is 4.98 Å². The lowest BCUT2D eigenvalue weighted by atomic mass is 10.2. The van der Waals surface area contributed by atoms with Crippen molar-refractivity contribution < 1.29 is 13.7 Å². The third-order valence-corrected chi connectivity index (χ3v) is 3.81. The number of H-pyrrole nitrogens is 1. The number of ether oxygens (including phenoxy) is 1. The summed E-state index contributed by atoms with van der Waals surface area (Å²) in [5.41, 5.74) is 2.45. The van der Waals surface area contributed by atoms with Crippen molar-refractivity contribution in [3.8, 4) is 0 Å². The molecule has 5 heteroatoms. The number of hydrogen-bond acceptors (Lipinski definition) is 1. The second kappa shape index (κ2) is 5.84. The number of hydrogen-bond donors (Lipinski definition) is 1. The third-order valence-electron chi connectivity index (χ3n) is 3.46. The van der Waals surface area contributed by atoms with Crippen molar-refractivity contribution in [2.75, 3.05) is 7.11 Å². The van der Waals surface area contributed by atoms with Crippen molar-refractivity contribution in [1.82, 2.24) is 4.98 Å². The molecular formula is C16H15ClFN2O+. The fourth-order valence-electron chi connectivity index (χ4n) is 2.46. The Kier molecular flexibility index (Phi) is 3.90. The number of rotatable bonds is 4. The zero-order chi connectivity index (χ0) is 14.8. The Morgan fingerprint density at radius 1 is 1.19 bits per heavy atom. The number of fused-ring (bicyclic) bond motifs is 1. The van der Waals surface area contributed by atoms with Gasteiger partial charge in [0.25, 0.3) is 5.82 Å². The van der Waals surface area contributed by atoms with Gasteiger partial charge in [-0.05, 0) is 24.3 Å². The Bertz CT molecular complexity index is 765. The van der Waals surface area contributed by atoms with Crippen molar-refractivity contribution in [1.29, 1.82) is 0 Å². The van der Waals surface area contributed by atoms with Crippen LogP contribution in [0.25, 0.3) is 11.0 Å². The van der Waals surface area contributed by atoms with Gasteiger partial charge in [-0.2, -0.15) is 0 Å². The number of nitrogens with zero attached hydrogens (tertiary/aromatic N) is 1. The van der Waals surface area contributed by atoms with Gasteiger partial charge < -0.3 is 4.74 Å². The molecule has 3 rings (SSSR count). The van der Waals surface area contributed by atoms with Crippen LogP contribution < -0.4 is 4.57 Å². The third kappa shape index (κ3) is 2.64. The highest BCUT2D eigenvalue weighted by atomic mass is 35.5. The van der Waals surface area contributed by atoms with E-state index in [1.165, 1.54) is 6.07 Å². The quantitative estimate of drug-likeness (QED) is 0.735. The van der Waals surface area contributed by atoms with Crippen LogP contribution in [0.4, 0.5) is 4.39 Å². The van der Waals surface area contributed by atoms with Gasteiger partial charge in [0.05, 0.1) is 5.02 Å². The first-order chi connectivity index (χ1) is 10.2. The SMILES string of the molecule is COCc1[nH]c2ccccc2[n+]1Cc1c(F)cccc1Cl. The first-order valence-electron chi connectivity index (χ1n) is 6.62. The molecule has 0 amide bonds. The maximum atomic E-state index is 14.0. The van der Waals surface area contributed by atoms with Crippen LogP contribution in [-0.4, -0.2) is 12.1 Å². The summed E-state index contributed by atoms with van der Waals surface area (Å²) in [7, 11) is 1.63. The van der Waals surface area contributed by atoms with E-state index in [4.69, 9.17) is 16.3 Å². The number of imidazole rings is 1. The van der Waals surface area contributed by atoms with Gasteiger partial charge in [-0.1, -0.05) is 29.8 Å². The maximum absolute atomic E-state index is 14.0. The summed E-state index contributed by atoms with van der Waals surface area (Å²) < 4.78 is 21.2. The Morgan fingerprint density at radius 3 is 2.76 bits per heavy atom. The lowest BCUT2D eigenvalue weighted by molar-refractivity contribution is -0.672. The molecule has 1 aromatic heterocycles. The second-order valence-electron chi connectivity index (χ2n) is 4.81. The maximum Gasteiger partial charge on any atom is 0.281 e. The van der Waals surface area contributed by atoms with Crippen LogP contribution in [0.2, 0.25) is 5.02 Å². The molecule has 0 spiro atoms. The molecule has 0 aliphatic carbocycles. The van der Waals surface area contributed by atoms with E-state index in [9.17, 15) is 4.39 Å². The summed E-state index contributed by atoms with van der Waals surface area (Å²) in [4.78, 5) is 3.30. The van der Waals surface area contributed by atoms with E-state index in [0.29, 0.717) is 23.7 Å². The Labute approximate surface area is 126 Å². The van der Waals surface area contributed by atoms with Gasteiger partial charge in [0.1, 0.15) is 19.0 Å². The molecule has 21 heavy (non-hydrogen) atoms. The smallest absolute Gasteiger partial charge is 0.281 e. The molecule has 0 unspecified atom stereocenters. The Morgan fingerprint density at radius 2 is 2.00 bits per heavy atom. The number of nitrogens with one attached hydrogen (secondary N) is 1. The standard InChI is InChI=1S/C16H14ClFN2O/c1-21-10-16-19-14-7-2-3-8-15(14)20(16)9-11-12(17)5-4-6-13(11)18/h2-8H,9-10H2,1H3/p+1. The molecule has 0 saturated heterocycles. The first-order valence-corrected chi connectivity index (χ1v) is 6.99.